The number of nitrogens with one attached hydrogen (secondary N) is 1. The largest absolute Gasteiger partial charge is 0.466 e. The van der Waals surface area contributed by atoms with E-state index in [1.165, 1.54) is 11.9 Å². The van der Waals surface area contributed by atoms with Gasteiger partial charge in [0.15, 0.2) is 12.3 Å². The number of nitrogens with zero attached hydrogens (tertiary/aromatic N) is 4. The van der Waals surface area contributed by atoms with Gasteiger partial charge in [-0.05, 0) is 43.7 Å². The van der Waals surface area contributed by atoms with Gasteiger partial charge in [0.1, 0.15) is 6.54 Å². The van der Waals surface area contributed by atoms with E-state index in [4.69, 9.17) is 11.2 Å². The zero-order valence-electron chi connectivity index (χ0n) is 17.4. The first-order valence-corrected chi connectivity index (χ1v) is 9.35. The van der Waals surface area contributed by atoms with Crippen molar-refractivity contribution in [3.8, 4) is 18.2 Å². The van der Waals surface area contributed by atoms with Crippen LogP contribution in [0, 0.1) is 26.2 Å². The van der Waals surface area contributed by atoms with Crippen LogP contribution in [0.2, 0.25) is 0 Å². The maximum Gasteiger partial charge on any atom is 0.265 e. The van der Waals surface area contributed by atoms with Crippen LogP contribution >= 0.6 is 0 Å². The molecule has 0 saturated heterocycles. The van der Waals surface area contributed by atoms with E-state index < -0.39 is 5.91 Å². The zero-order valence-corrected chi connectivity index (χ0v) is 17.4. The fourth-order valence-electron chi connectivity index (χ4n) is 3.17. The molecule has 0 spiro atoms. The van der Waals surface area contributed by atoms with E-state index in [1.54, 1.807) is 36.0 Å². The van der Waals surface area contributed by atoms with E-state index in [-0.39, 0.29) is 19.1 Å². The number of fused-ring (bicyclic) bond motifs is 1. The first-order chi connectivity index (χ1) is 14.3. The third-order valence-corrected chi connectivity index (χ3v) is 4.63. The molecule has 2 aromatic heterocycles. The molecule has 1 aromatic carbocycles. The number of benzene rings is 1. The van der Waals surface area contributed by atoms with Gasteiger partial charge in [0.2, 0.25) is 11.8 Å². The number of likely N-dealkylation sites (N-methyl/N-ethyl adjacent to an activating group) is 1. The van der Waals surface area contributed by atoms with E-state index in [1.807, 2.05) is 19.9 Å². The molecule has 3 aromatic rings. The number of carbonyl (C=O) groups excluding carboxylic acids is 2. The highest BCUT2D eigenvalue weighted by molar-refractivity contribution is 5.99. The van der Waals surface area contributed by atoms with Gasteiger partial charge in [-0.2, -0.15) is 0 Å². The van der Waals surface area contributed by atoms with Gasteiger partial charge < -0.3 is 15.0 Å². The minimum absolute atomic E-state index is 0.157. The molecule has 0 radical (unpaired) electrons. The smallest absolute Gasteiger partial charge is 0.265 e. The number of pyridine rings is 1. The summed E-state index contributed by atoms with van der Waals surface area (Å²) in [6.07, 6.45) is 5.46. The van der Waals surface area contributed by atoms with E-state index in [9.17, 15) is 9.59 Å². The second-order valence-corrected chi connectivity index (χ2v) is 6.84. The van der Waals surface area contributed by atoms with Gasteiger partial charge in [0.05, 0.1) is 5.39 Å². The summed E-state index contributed by atoms with van der Waals surface area (Å²) in [7, 11) is 3.28. The van der Waals surface area contributed by atoms with Gasteiger partial charge in [-0.3, -0.25) is 9.59 Å². The molecule has 0 atom stereocenters. The van der Waals surface area contributed by atoms with Crippen LogP contribution in [0.15, 0.2) is 30.3 Å². The van der Waals surface area contributed by atoms with Crippen molar-refractivity contribution in [3.05, 3.63) is 47.2 Å². The van der Waals surface area contributed by atoms with Gasteiger partial charge in [-0.25, -0.2) is 9.67 Å². The van der Waals surface area contributed by atoms with Crippen LogP contribution in [-0.2, 0) is 16.6 Å². The van der Waals surface area contributed by atoms with Crippen LogP contribution in [0.25, 0.3) is 11.0 Å². The van der Waals surface area contributed by atoms with Gasteiger partial charge in [-0.1, -0.05) is 12.0 Å². The van der Waals surface area contributed by atoms with Crippen molar-refractivity contribution in [2.24, 2.45) is 7.05 Å². The molecule has 8 heteroatoms. The number of amides is 2. The minimum atomic E-state index is -0.399. The number of aryl methyl sites for hydroxylation is 3. The Kier molecular flexibility index (Phi) is 6.02. The number of aromatic nitrogens is 3. The normalized spacial score (nSPS) is 10.5. The molecule has 0 unspecified atom stereocenters. The number of hydrogen-bond acceptors (Lipinski definition) is 5. The number of hydrogen-bond donors (Lipinski definition) is 1. The van der Waals surface area contributed by atoms with Crippen LogP contribution in [0.3, 0.4) is 0 Å². The Morgan fingerprint density at radius 3 is 2.77 bits per heavy atom. The standard InChI is InChI=1S/C22H23N5O3/c1-6-16-8-7-9-17(11-16)27(12-18(28)23-4)19(29)13-30-22-20-14(2)10-15(3)24-21(20)26(5)25-22/h1,7-11H,12-13H2,2-5H3,(H,23,28). The molecule has 2 heterocycles. The molecule has 2 amide bonds. The number of terminal acetylenes is 1. The van der Waals surface area contributed by atoms with Gasteiger partial charge in [-0.15, -0.1) is 11.5 Å². The second kappa shape index (κ2) is 8.66. The molecule has 0 aliphatic rings. The SMILES string of the molecule is C#Cc1cccc(N(CC(=O)NC)C(=O)COc2nn(C)c3nc(C)cc(C)c23)c1. The van der Waals surface area contributed by atoms with Crippen molar-refractivity contribution in [2.75, 3.05) is 25.1 Å². The molecule has 0 saturated carbocycles. The second-order valence-electron chi connectivity index (χ2n) is 6.84. The van der Waals surface area contributed by atoms with E-state index in [2.05, 4.69) is 21.3 Å². The highest BCUT2D eigenvalue weighted by atomic mass is 16.5. The summed E-state index contributed by atoms with van der Waals surface area (Å²) < 4.78 is 7.38. The summed E-state index contributed by atoms with van der Waals surface area (Å²) in [6, 6.07) is 8.81. The predicted molar refractivity (Wildman–Crippen MR) is 114 cm³/mol. The Hall–Kier alpha value is -3.86. The zero-order chi connectivity index (χ0) is 21.8. The van der Waals surface area contributed by atoms with Crippen molar-refractivity contribution < 1.29 is 14.3 Å². The van der Waals surface area contributed by atoms with Crippen LogP contribution in [0.4, 0.5) is 5.69 Å². The number of anilines is 1. The summed E-state index contributed by atoms with van der Waals surface area (Å²) in [5.74, 6) is 2.14. The van der Waals surface area contributed by atoms with E-state index in [0.717, 1.165) is 16.6 Å². The third-order valence-electron chi connectivity index (χ3n) is 4.63. The topological polar surface area (TPSA) is 89.4 Å². The fraction of sp³-hybridized carbons (Fsp3) is 0.273. The molecule has 30 heavy (non-hydrogen) atoms. The molecular formula is C22H23N5O3. The Bertz CT molecular complexity index is 1160. The van der Waals surface area contributed by atoms with Crippen LogP contribution in [-0.4, -0.2) is 46.8 Å². The van der Waals surface area contributed by atoms with Gasteiger partial charge in [0, 0.05) is 31.0 Å². The molecule has 0 bridgehead atoms. The summed E-state index contributed by atoms with van der Waals surface area (Å²) in [4.78, 5) is 30.8. The maximum absolute atomic E-state index is 13.0. The van der Waals surface area contributed by atoms with Crippen molar-refractivity contribution in [2.45, 2.75) is 13.8 Å². The van der Waals surface area contributed by atoms with Crippen LogP contribution < -0.4 is 15.0 Å². The minimum Gasteiger partial charge on any atom is -0.466 e. The van der Waals surface area contributed by atoms with Crippen molar-refractivity contribution in [3.63, 3.8) is 0 Å². The van der Waals surface area contributed by atoms with Crippen molar-refractivity contribution >= 4 is 28.5 Å². The lowest BCUT2D eigenvalue weighted by Gasteiger charge is -2.22. The Balaban J connectivity index is 1.87. The maximum atomic E-state index is 13.0. The molecule has 8 nitrogen and oxygen atoms in total. The Morgan fingerprint density at radius 1 is 1.30 bits per heavy atom. The number of carbonyl (C=O) groups is 2. The van der Waals surface area contributed by atoms with Crippen LogP contribution in [0.5, 0.6) is 5.88 Å². The van der Waals surface area contributed by atoms with E-state index >= 15 is 0 Å². The molecule has 1 N–H and O–H groups in total. The molecule has 3 rings (SSSR count). The highest BCUT2D eigenvalue weighted by Gasteiger charge is 2.21. The van der Waals surface area contributed by atoms with Gasteiger partial charge >= 0.3 is 0 Å². The quantitative estimate of drug-likeness (QED) is 0.631. The van der Waals surface area contributed by atoms with Gasteiger partial charge in [0.25, 0.3) is 5.91 Å². The number of rotatable bonds is 6. The first kappa shape index (κ1) is 20.9. The lowest BCUT2D eigenvalue weighted by atomic mass is 10.2. The average molecular weight is 405 g/mol. The lowest BCUT2D eigenvalue weighted by Crippen LogP contribution is -2.42. The third kappa shape index (κ3) is 4.25. The van der Waals surface area contributed by atoms with E-state index in [0.29, 0.717) is 22.8 Å². The van der Waals surface area contributed by atoms with Crippen molar-refractivity contribution in [1.82, 2.24) is 20.1 Å². The molecule has 0 aliphatic heterocycles. The molecule has 0 aliphatic carbocycles. The summed E-state index contributed by atoms with van der Waals surface area (Å²) in [5, 5.41) is 7.63. The molecule has 0 fully saturated rings. The average Bonchev–Trinajstić information content (AvgIpc) is 3.05. The summed E-state index contributed by atoms with van der Waals surface area (Å²) in [6.45, 7) is 3.40. The summed E-state index contributed by atoms with van der Waals surface area (Å²) in [5.41, 5.74) is 3.63. The lowest BCUT2D eigenvalue weighted by molar-refractivity contribution is -0.124. The Labute approximate surface area is 174 Å². The van der Waals surface area contributed by atoms with Crippen LogP contribution in [0.1, 0.15) is 16.8 Å². The fourth-order valence-corrected chi connectivity index (χ4v) is 3.17. The molecule has 154 valence electrons. The molecular weight excluding hydrogens is 382 g/mol. The number of ether oxygens (including phenoxy) is 1. The highest BCUT2D eigenvalue weighted by Crippen LogP contribution is 2.27. The summed E-state index contributed by atoms with van der Waals surface area (Å²) >= 11 is 0. The Morgan fingerprint density at radius 2 is 2.07 bits per heavy atom. The monoisotopic (exact) mass is 405 g/mol. The predicted octanol–water partition coefficient (Wildman–Crippen LogP) is 1.72. The van der Waals surface area contributed by atoms with Crippen molar-refractivity contribution in [1.29, 1.82) is 0 Å². The first-order valence-electron chi connectivity index (χ1n) is 9.35.